The summed E-state index contributed by atoms with van der Waals surface area (Å²) >= 11 is 7.67. The number of ether oxygens (including phenoxy) is 1. The van der Waals surface area contributed by atoms with Crippen LogP contribution in [0.25, 0.3) is 5.69 Å². The maximum Gasteiger partial charge on any atom is 0.269 e. The normalized spacial score (nSPS) is 15.4. The molecule has 3 aromatic rings. The lowest BCUT2D eigenvalue weighted by molar-refractivity contribution is 0.0966. The van der Waals surface area contributed by atoms with Crippen LogP contribution in [0.15, 0.2) is 48.0 Å². The Morgan fingerprint density at radius 1 is 1.28 bits per heavy atom. The highest BCUT2D eigenvalue weighted by molar-refractivity contribution is 7.12. The number of thiophene rings is 1. The first-order valence-corrected chi connectivity index (χ1v) is 10.8. The summed E-state index contributed by atoms with van der Waals surface area (Å²) in [6.45, 7) is 1.93. The van der Waals surface area contributed by atoms with Crippen molar-refractivity contribution in [3.05, 3.63) is 57.9 Å². The van der Waals surface area contributed by atoms with E-state index in [2.05, 4.69) is 11.9 Å². The maximum absolute atomic E-state index is 13.3. The first-order valence-electron chi connectivity index (χ1n) is 9.51. The van der Waals surface area contributed by atoms with E-state index in [1.807, 2.05) is 46.8 Å². The minimum Gasteiger partial charge on any atom is -0.497 e. The Morgan fingerprint density at radius 2 is 2.07 bits per heavy atom. The van der Waals surface area contributed by atoms with Crippen LogP contribution in [-0.4, -0.2) is 53.9 Å². The van der Waals surface area contributed by atoms with Gasteiger partial charge in [-0.1, -0.05) is 17.7 Å². The topological polar surface area (TPSA) is 50.6 Å². The van der Waals surface area contributed by atoms with Gasteiger partial charge in [0, 0.05) is 29.4 Å². The second-order valence-electron chi connectivity index (χ2n) is 7.15. The summed E-state index contributed by atoms with van der Waals surface area (Å²) in [5.41, 5.74) is 0.785. The number of hydrogen-bond donors (Lipinski definition) is 0. The van der Waals surface area contributed by atoms with Gasteiger partial charge in [0.05, 0.1) is 17.7 Å². The second-order valence-corrected chi connectivity index (χ2v) is 8.54. The van der Waals surface area contributed by atoms with Crippen LogP contribution in [-0.2, 0) is 0 Å². The molecule has 1 saturated heterocycles. The van der Waals surface area contributed by atoms with Crippen molar-refractivity contribution in [2.24, 2.45) is 0 Å². The molecule has 1 aromatic carbocycles. The Labute approximate surface area is 179 Å². The van der Waals surface area contributed by atoms with E-state index in [1.54, 1.807) is 17.9 Å². The van der Waals surface area contributed by atoms with Gasteiger partial charge in [0.2, 0.25) is 0 Å². The molecule has 1 fully saturated rings. The van der Waals surface area contributed by atoms with Crippen molar-refractivity contribution >= 4 is 34.7 Å². The highest BCUT2D eigenvalue weighted by Gasteiger charge is 2.31. The number of aromatic nitrogens is 2. The van der Waals surface area contributed by atoms with E-state index in [-0.39, 0.29) is 11.9 Å². The third kappa shape index (κ3) is 4.32. The van der Waals surface area contributed by atoms with Crippen molar-refractivity contribution in [3.8, 4) is 11.4 Å². The minimum absolute atomic E-state index is 0.00322. The molecular formula is C21H23ClN4O2S. The number of likely N-dealkylation sites (tertiary alicyclic amines) is 1. The Bertz CT molecular complexity index is 980. The fraction of sp³-hybridized carbons (Fsp3) is 0.333. The predicted octanol–water partition coefficient (Wildman–Crippen LogP) is 4.34. The summed E-state index contributed by atoms with van der Waals surface area (Å²) in [6.07, 6.45) is 3.70. The van der Waals surface area contributed by atoms with Crippen LogP contribution in [0, 0.1) is 0 Å². The number of carbonyl (C=O) groups is 1. The summed E-state index contributed by atoms with van der Waals surface area (Å²) in [7, 11) is 3.72. The van der Waals surface area contributed by atoms with Gasteiger partial charge in [0.15, 0.2) is 5.82 Å². The molecule has 0 spiro atoms. The molecule has 152 valence electrons. The lowest BCUT2D eigenvalue weighted by atomic mass is 10.0. The van der Waals surface area contributed by atoms with Crippen LogP contribution >= 0.6 is 22.9 Å². The summed E-state index contributed by atoms with van der Waals surface area (Å²) in [4.78, 5) is 18.2. The van der Waals surface area contributed by atoms with Crippen molar-refractivity contribution in [2.75, 3.05) is 32.1 Å². The molecule has 1 amide bonds. The van der Waals surface area contributed by atoms with Crippen molar-refractivity contribution in [1.82, 2.24) is 14.7 Å². The standard InChI is InChI=1S/C21H23ClN4O2S/c1-24-8-5-16(6-9-24)26(21(27)19-4-3-11-29-19)20-7-10-25(23-20)17-12-15(22)13-18(14-17)28-2/h3-4,7,10-14,16H,5-6,8-9H2,1-2H3. The number of hydrogen-bond acceptors (Lipinski definition) is 5. The zero-order valence-corrected chi connectivity index (χ0v) is 18.0. The molecule has 0 radical (unpaired) electrons. The molecule has 3 heterocycles. The number of methoxy groups -OCH3 is 1. The quantitative estimate of drug-likeness (QED) is 0.604. The monoisotopic (exact) mass is 430 g/mol. The Hall–Kier alpha value is -2.35. The van der Waals surface area contributed by atoms with E-state index < -0.39 is 0 Å². The number of nitrogens with zero attached hydrogens (tertiary/aromatic N) is 4. The summed E-state index contributed by atoms with van der Waals surface area (Å²) in [5.74, 6) is 1.31. The van der Waals surface area contributed by atoms with Gasteiger partial charge in [0.1, 0.15) is 5.75 Å². The molecule has 1 aliphatic rings. The summed E-state index contributed by atoms with van der Waals surface area (Å²) in [6, 6.07) is 11.2. The van der Waals surface area contributed by atoms with Gasteiger partial charge >= 0.3 is 0 Å². The van der Waals surface area contributed by atoms with E-state index in [1.165, 1.54) is 11.3 Å². The van der Waals surface area contributed by atoms with Gasteiger partial charge in [0.25, 0.3) is 5.91 Å². The minimum atomic E-state index is 0.00322. The molecule has 0 saturated carbocycles. The van der Waals surface area contributed by atoms with E-state index in [0.29, 0.717) is 16.6 Å². The third-order valence-corrected chi connectivity index (χ3v) is 6.26. The van der Waals surface area contributed by atoms with Crippen LogP contribution in [0.4, 0.5) is 5.82 Å². The van der Waals surface area contributed by atoms with Gasteiger partial charge in [-0.3, -0.25) is 9.69 Å². The maximum atomic E-state index is 13.3. The molecule has 0 atom stereocenters. The Kier molecular flexibility index (Phi) is 5.89. The van der Waals surface area contributed by atoms with Gasteiger partial charge in [-0.05, 0) is 56.6 Å². The highest BCUT2D eigenvalue weighted by atomic mass is 35.5. The molecule has 0 aliphatic carbocycles. The second kappa shape index (κ2) is 8.57. The first kappa shape index (κ1) is 19.9. The lowest BCUT2D eigenvalue weighted by Crippen LogP contribution is -2.47. The zero-order valence-electron chi connectivity index (χ0n) is 16.4. The first-order chi connectivity index (χ1) is 14.0. The lowest BCUT2D eigenvalue weighted by Gasteiger charge is -2.36. The molecule has 4 rings (SSSR count). The summed E-state index contributed by atoms with van der Waals surface area (Å²) in [5, 5.41) is 7.22. The van der Waals surface area contributed by atoms with Crippen molar-refractivity contribution in [1.29, 1.82) is 0 Å². The number of piperidine rings is 1. The smallest absolute Gasteiger partial charge is 0.269 e. The number of carbonyl (C=O) groups excluding carboxylic acids is 1. The van der Waals surface area contributed by atoms with Crippen LogP contribution in [0.5, 0.6) is 5.75 Å². The fourth-order valence-corrected chi connectivity index (χ4v) is 4.49. The van der Waals surface area contributed by atoms with Crippen molar-refractivity contribution in [2.45, 2.75) is 18.9 Å². The van der Waals surface area contributed by atoms with E-state index >= 15 is 0 Å². The van der Waals surface area contributed by atoms with Gasteiger partial charge in [-0.25, -0.2) is 4.68 Å². The predicted molar refractivity (Wildman–Crippen MR) is 117 cm³/mol. The summed E-state index contributed by atoms with van der Waals surface area (Å²) < 4.78 is 7.04. The van der Waals surface area contributed by atoms with Crippen molar-refractivity contribution < 1.29 is 9.53 Å². The Balaban J connectivity index is 1.68. The molecule has 0 bridgehead atoms. The van der Waals surface area contributed by atoms with E-state index in [4.69, 9.17) is 21.4 Å². The van der Waals surface area contributed by atoms with Gasteiger partial charge < -0.3 is 9.64 Å². The number of anilines is 1. The average Bonchev–Trinajstić information content (AvgIpc) is 3.41. The third-order valence-electron chi connectivity index (χ3n) is 5.18. The molecule has 6 nitrogen and oxygen atoms in total. The van der Waals surface area contributed by atoms with Crippen LogP contribution in [0.3, 0.4) is 0 Å². The highest BCUT2D eigenvalue weighted by Crippen LogP contribution is 2.28. The molecule has 29 heavy (non-hydrogen) atoms. The van der Waals surface area contributed by atoms with Crippen LogP contribution in [0.2, 0.25) is 5.02 Å². The number of halogens is 1. The SMILES string of the molecule is COc1cc(Cl)cc(-n2ccc(N(C(=O)c3cccs3)C3CCN(C)CC3)n2)c1. The van der Waals surface area contributed by atoms with Gasteiger partial charge in [-0.15, -0.1) is 16.4 Å². The molecule has 1 aliphatic heterocycles. The number of benzene rings is 1. The van der Waals surface area contributed by atoms with E-state index in [0.717, 1.165) is 36.5 Å². The molecule has 2 aromatic heterocycles. The number of rotatable bonds is 5. The molecular weight excluding hydrogens is 408 g/mol. The van der Waals surface area contributed by atoms with Crippen molar-refractivity contribution in [3.63, 3.8) is 0 Å². The average molecular weight is 431 g/mol. The van der Waals surface area contributed by atoms with Crippen LogP contribution < -0.4 is 9.64 Å². The fourth-order valence-electron chi connectivity index (χ4n) is 3.61. The zero-order chi connectivity index (χ0) is 20.4. The Morgan fingerprint density at radius 3 is 2.76 bits per heavy atom. The molecule has 0 unspecified atom stereocenters. The number of amides is 1. The van der Waals surface area contributed by atoms with Gasteiger partial charge in [-0.2, -0.15) is 0 Å². The largest absolute Gasteiger partial charge is 0.497 e. The molecule has 0 N–H and O–H groups in total. The molecule has 8 heteroatoms. The van der Waals surface area contributed by atoms with E-state index in [9.17, 15) is 4.79 Å². The van der Waals surface area contributed by atoms with Crippen LogP contribution in [0.1, 0.15) is 22.5 Å².